The Morgan fingerprint density at radius 1 is 1.35 bits per heavy atom. The standard InChI is InChI=1S/C12H12F3N3O5/c1-16-10(19)6-23-11(20)5-17-8-3-2-7(12(13,14)15)4-9(8)18(21)22/h2-4,17H,5-6H2,1H3,(H,16,19). The fourth-order valence-electron chi connectivity index (χ4n) is 1.45. The summed E-state index contributed by atoms with van der Waals surface area (Å²) >= 11 is 0. The third kappa shape index (κ3) is 5.45. The van der Waals surface area contributed by atoms with Crippen molar-refractivity contribution >= 4 is 23.3 Å². The topological polar surface area (TPSA) is 111 Å². The first kappa shape index (κ1) is 18.2. The molecule has 0 heterocycles. The van der Waals surface area contributed by atoms with E-state index in [2.05, 4.69) is 15.4 Å². The lowest BCUT2D eigenvalue weighted by molar-refractivity contribution is -0.384. The van der Waals surface area contributed by atoms with Gasteiger partial charge in [-0.15, -0.1) is 0 Å². The lowest BCUT2D eigenvalue weighted by Crippen LogP contribution is -2.27. The zero-order chi connectivity index (χ0) is 17.6. The molecule has 1 amide bonds. The van der Waals surface area contributed by atoms with Crippen LogP contribution in [0.1, 0.15) is 5.56 Å². The number of carbonyl (C=O) groups excluding carboxylic acids is 2. The third-order valence-electron chi connectivity index (χ3n) is 2.59. The Balaban J connectivity index is 2.78. The van der Waals surface area contributed by atoms with Gasteiger partial charge in [0.15, 0.2) is 6.61 Å². The number of esters is 1. The van der Waals surface area contributed by atoms with Crippen LogP contribution in [0.15, 0.2) is 18.2 Å². The van der Waals surface area contributed by atoms with E-state index in [-0.39, 0.29) is 5.69 Å². The number of hydrogen-bond donors (Lipinski definition) is 2. The van der Waals surface area contributed by atoms with Gasteiger partial charge < -0.3 is 15.4 Å². The molecule has 0 spiro atoms. The molecule has 0 unspecified atom stereocenters. The van der Waals surface area contributed by atoms with E-state index < -0.39 is 47.4 Å². The monoisotopic (exact) mass is 335 g/mol. The molecule has 0 aliphatic heterocycles. The molecular weight excluding hydrogens is 323 g/mol. The number of alkyl halides is 3. The van der Waals surface area contributed by atoms with Crippen molar-refractivity contribution < 1.29 is 32.4 Å². The molecule has 126 valence electrons. The summed E-state index contributed by atoms with van der Waals surface area (Å²) in [5.41, 5.74) is -2.30. The van der Waals surface area contributed by atoms with Gasteiger partial charge >= 0.3 is 12.1 Å². The second-order valence-corrected chi connectivity index (χ2v) is 4.17. The first-order chi connectivity index (χ1) is 10.6. The van der Waals surface area contributed by atoms with Crippen molar-refractivity contribution in [2.75, 3.05) is 25.5 Å². The zero-order valence-corrected chi connectivity index (χ0v) is 11.8. The minimum absolute atomic E-state index is 0.278. The van der Waals surface area contributed by atoms with E-state index in [4.69, 9.17) is 0 Å². The number of anilines is 1. The Morgan fingerprint density at radius 3 is 2.52 bits per heavy atom. The number of rotatable bonds is 6. The van der Waals surface area contributed by atoms with Crippen molar-refractivity contribution in [1.82, 2.24) is 5.32 Å². The van der Waals surface area contributed by atoms with Crippen LogP contribution < -0.4 is 10.6 Å². The highest BCUT2D eigenvalue weighted by atomic mass is 19.4. The molecular formula is C12H12F3N3O5. The van der Waals surface area contributed by atoms with Gasteiger partial charge in [-0.1, -0.05) is 0 Å². The molecule has 0 radical (unpaired) electrons. The molecule has 23 heavy (non-hydrogen) atoms. The van der Waals surface area contributed by atoms with Crippen LogP contribution in [0, 0.1) is 10.1 Å². The second-order valence-electron chi connectivity index (χ2n) is 4.17. The first-order valence-electron chi connectivity index (χ1n) is 6.11. The fourth-order valence-corrected chi connectivity index (χ4v) is 1.45. The van der Waals surface area contributed by atoms with E-state index in [1.165, 1.54) is 7.05 Å². The molecule has 0 aliphatic carbocycles. The van der Waals surface area contributed by atoms with E-state index in [0.29, 0.717) is 12.1 Å². The highest BCUT2D eigenvalue weighted by molar-refractivity contribution is 5.82. The van der Waals surface area contributed by atoms with Crippen molar-refractivity contribution in [1.29, 1.82) is 0 Å². The third-order valence-corrected chi connectivity index (χ3v) is 2.59. The van der Waals surface area contributed by atoms with Crippen LogP contribution in [0.4, 0.5) is 24.5 Å². The van der Waals surface area contributed by atoms with Crippen molar-refractivity contribution in [2.24, 2.45) is 0 Å². The second kappa shape index (κ2) is 7.42. The maximum Gasteiger partial charge on any atom is 0.416 e. The zero-order valence-electron chi connectivity index (χ0n) is 11.8. The fraction of sp³-hybridized carbons (Fsp3) is 0.333. The highest BCUT2D eigenvalue weighted by Gasteiger charge is 2.33. The van der Waals surface area contributed by atoms with Gasteiger partial charge in [0.2, 0.25) is 0 Å². The van der Waals surface area contributed by atoms with Crippen LogP contribution in [0.25, 0.3) is 0 Å². The average Bonchev–Trinajstić information content (AvgIpc) is 2.49. The predicted octanol–water partition coefficient (Wildman–Crippen LogP) is 1.31. The summed E-state index contributed by atoms with van der Waals surface area (Å²) in [6.45, 7) is -1.09. The van der Waals surface area contributed by atoms with Gasteiger partial charge in [-0.05, 0) is 12.1 Å². The minimum Gasteiger partial charge on any atom is -0.454 e. The number of carbonyl (C=O) groups is 2. The molecule has 0 saturated heterocycles. The summed E-state index contributed by atoms with van der Waals surface area (Å²) in [5.74, 6) is -1.46. The smallest absolute Gasteiger partial charge is 0.416 e. The van der Waals surface area contributed by atoms with E-state index >= 15 is 0 Å². The van der Waals surface area contributed by atoms with Crippen molar-refractivity contribution in [3.63, 3.8) is 0 Å². The van der Waals surface area contributed by atoms with Gasteiger partial charge in [-0.25, -0.2) is 0 Å². The van der Waals surface area contributed by atoms with Gasteiger partial charge in [0.1, 0.15) is 12.2 Å². The maximum atomic E-state index is 12.5. The normalized spacial score (nSPS) is 10.8. The van der Waals surface area contributed by atoms with Crippen LogP contribution in [-0.2, 0) is 20.5 Å². The number of nitro benzene ring substituents is 1. The molecule has 0 aliphatic rings. The molecule has 0 aromatic heterocycles. The lowest BCUT2D eigenvalue weighted by atomic mass is 10.1. The van der Waals surface area contributed by atoms with Crippen LogP contribution in [0.5, 0.6) is 0 Å². The maximum absolute atomic E-state index is 12.5. The van der Waals surface area contributed by atoms with Gasteiger partial charge in [0, 0.05) is 13.1 Å². The number of nitrogens with one attached hydrogen (secondary N) is 2. The molecule has 0 atom stereocenters. The van der Waals surface area contributed by atoms with Crippen LogP contribution in [0.3, 0.4) is 0 Å². The SMILES string of the molecule is CNC(=O)COC(=O)CNc1ccc(C(F)(F)F)cc1[N+](=O)[O-]. The lowest BCUT2D eigenvalue weighted by Gasteiger charge is -2.10. The molecule has 1 aromatic rings. The van der Waals surface area contributed by atoms with Crippen LogP contribution in [0.2, 0.25) is 0 Å². The average molecular weight is 335 g/mol. The van der Waals surface area contributed by atoms with Crippen molar-refractivity contribution in [3.05, 3.63) is 33.9 Å². The van der Waals surface area contributed by atoms with Gasteiger partial charge in [-0.3, -0.25) is 19.7 Å². The number of hydrogen-bond acceptors (Lipinski definition) is 6. The summed E-state index contributed by atoms with van der Waals surface area (Å²) in [7, 11) is 1.33. The van der Waals surface area contributed by atoms with Crippen molar-refractivity contribution in [3.8, 4) is 0 Å². The van der Waals surface area contributed by atoms with Crippen LogP contribution >= 0.6 is 0 Å². The molecule has 1 rings (SSSR count). The molecule has 0 fully saturated rings. The Morgan fingerprint density at radius 2 is 2.00 bits per heavy atom. The summed E-state index contributed by atoms with van der Waals surface area (Å²) in [5, 5.41) is 15.3. The van der Waals surface area contributed by atoms with E-state index in [1.54, 1.807) is 0 Å². The largest absolute Gasteiger partial charge is 0.454 e. The molecule has 11 heteroatoms. The molecule has 8 nitrogen and oxygen atoms in total. The van der Waals surface area contributed by atoms with Crippen molar-refractivity contribution in [2.45, 2.75) is 6.18 Å². The Hall–Kier alpha value is -2.85. The number of likely N-dealkylation sites (N-methyl/N-ethyl adjacent to an activating group) is 1. The number of halogens is 3. The number of ether oxygens (including phenoxy) is 1. The van der Waals surface area contributed by atoms with Gasteiger partial charge in [0.25, 0.3) is 11.6 Å². The number of amides is 1. The first-order valence-corrected chi connectivity index (χ1v) is 6.11. The molecule has 2 N–H and O–H groups in total. The summed E-state index contributed by atoms with van der Waals surface area (Å²) < 4.78 is 42.1. The summed E-state index contributed by atoms with van der Waals surface area (Å²) in [6.07, 6.45) is -4.73. The summed E-state index contributed by atoms with van der Waals surface area (Å²) in [6, 6.07) is 1.84. The Labute approximate surface area is 127 Å². The van der Waals surface area contributed by atoms with E-state index in [0.717, 1.165) is 6.07 Å². The Bertz CT molecular complexity index is 618. The highest BCUT2D eigenvalue weighted by Crippen LogP contribution is 2.34. The summed E-state index contributed by atoms with van der Waals surface area (Å²) in [4.78, 5) is 32.0. The quantitative estimate of drug-likeness (QED) is 0.461. The van der Waals surface area contributed by atoms with Crippen LogP contribution in [-0.4, -0.2) is 37.0 Å². The molecule has 0 saturated carbocycles. The minimum atomic E-state index is -4.73. The van der Waals surface area contributed by atoms with E-state index in [1.807, 2.05) is 0 Å². The predicted molar refractivity (Wildman–Crippen MR) is 71.6 cm³/mol. The van der Waals surface area contributed by atoms with Gasteiger partial charge in [0.05, 0.1) is 10.5 Å². The number of nitro groups is 1. The number of benzene rings is 1. The Kier molecular flexibility index (Phi) is 5.87. The molecule has 0 bridgehead atoms. The van der Waals surface area contributed by atoms with Gasteiger partial charge in [-0.2, -0.15) is 13.2 Å². The number of nitrogens with zero attached hydrogens (tertiary/aromatic N) is 1. The van der Waals surface area contributed by atoms with E-state index in [9.17, 15) is 32.9 Å². The molecule has 1 aromatic carbocycles.